The summed E-state index contributed by atoms with van der Waals surface area (Å²) in [4.78, 5) is 38.4. The number of halogens is 5. The van der Waals surface area contributed by atoms with Crippen LogP contribution in [0.4, 0.5) is 23.4 Å². The van der Waals surface area contributed by atoms with Gasteiger partial charge in [0.2, 0.25) is 0 Å². The van der Waals surface area contributed by atoms with Crippen molar-refractivity contribution in [2.24, 2.45) is 0 Å². The molecule has 2 aromatic heterocycles. The number of anilines is 1. The number of benzene rings is 2. The molecule has 0 spiro atoms. The Morgan fingerprint density at radius 2 is 1.51 bits per heavy atom. The van der Waals surface area contributed by atoms with Crippen LogP contribution in [0.5, 0.6) is 5.75 Å². The zero-order valence-electron chi connectivity index (χ0n) is 24.3. The quantitative estimate of drug-likeness (QED) is 0.205. The average Bonchev–Trinajstić information content (AvgIpc) is 3.07. The molecule has 1 aliphatic rings. The molecule has 2 N–H and O–H groups in total. The smallest absolute Gasteiger partial charge is 0.417 e. The highest BCUT2D eigenvalue weighted by atomic mass is 35.5. The van der Waals surface area contributed by atoms with Crippen molar-refractivity contribution in [1.29, 1.82) is 0 Å². The van der Waals surface area contributed by atoms with Gasteiger partial charge in [-0.3, -0.25) is 9.59 Å². The van der Waals surface area contributed by atoms with Crippen LogP contribution < -0.4 is 15.0 Å². The Bertz CT molecular complexity index is 1670. The summed E-state index contributed by atoms with van der Waals surface area (Å²) in [6.45, 7) is 1.50. The van der Waals surface area contributed by atoms with Crippen molar-refractivity contribution in [2.75, 3.05) is 44.2 Å². The number of hydrogen-bond acceptors (Lipinski definition) is 9. The fourth-order valence-corrected chi connectivity index (χ4v) is 4.33. The topological polar surface area (TPSA) is 151 Å². The molecule has 246 valence electrons. The van der Waals surface area contributed by atoms with Gasteiger partial charge in [0.15, 0.2) is 22.4 Å². The monoisotopic (exact) mass is 675 g/mol. The molecule has 1 saturated heterocycles. The number of hydrogen-bond donors (Lipinski definition) is 2. The fourth-order valence-electron chi connectivity index (χ4n) is 4.23. The number of alkyl halides is 3. The number of amides is 2. The third-order valence-electron chi connectivity index (χ3n) is 6.56. The van der Waals surface area contributed by atoms with Crippen LogP contribution in [0, 0.1) is 5.82 Å². The van der Waals surface area contributed by atoms with E-state index in [9.17, 15) is 31.9 Å². The standard InChI is InChI=1S/C25H23F4N5O3.C5H3ClN2O2/c26-17-5-7-18(8-6-17)37-16-11-30-23(35)21-9-10-22(32-31-21)33-12-14-34(15-13-33)24(36)19-3-1-2-4-20(19)25(27,28)29;6-4-2-1-3(5(9)10)7-8-4/h1-10H,11-16H2,(H,30,35);1-2H,(H,9,10). The number of aromatic carboxylic acids is 1. The van der Waals surface area contributed by atoms with Crippen LogP contribution in [0.1, 0.15) is 36.9 Å². The van der Waals surface area contributed by atoms with Gasteiger partial charge >= 0.3 is 12.1 Å². The highest BCUT2D eigenvalue weighted by molar-refractivity contribution is 6.29. The minimum Gasteiger partial charge on any atom is -0.492 e. The van der Waals surface area contributed by atoms with Gasteiger partial charge in [-0.15, -0.1) is 20.4 Å². The summed E-state index contributed by atoms with van der Waals surface area (Å²) in [7, 11) is 0. The van der Waals surface area contributed by atoms with Gasteiger partial charge in [-0.25, -0.2) is 9.18 Å². The highest BCUT2D eigenvalue weighted by Gasteiger charge is 2.36. The van der Waals surface area contributed by atoms with Crippen LogP contribution in [0.3, 0.4) is 0 Å². The number of rotatable bonds is 8. The van der Waals surface area contributed by atoms with Crippen LogP contribution in [-0.4, -0.2) is 87.5 Å². The molecule has 0 saturated carbocycles. The lowest BCUT2D eigenvalue weighted by Gasteiger charge is -2.35. The van der Waals surface area contributed by atoms with Crippen LogP contribution in [-0.2, 0) is 6.18 Å². The number of carbonyl (C=O) groups is 3. The van der Waals surface area contributed by atoms with Crippen molar-refractivity contribution in [2.45, 2.75) is 6.18 Å². The number of carboxylic acids is 1. The third kappa shape index (κ3) is 9.80. The Labute approximate surface area is 269 Å². The molecule has 0 unspecified atom stereocenters. The number of aromatic nitrogens is 4. The lowest BCUT2D eigenvalue weighted by atomic mass is 10.1. The highest BCUT2D eigenvalue weighted by Crippen LogP contribution is 2.32. The van der Waals surface area contributed by atoms with Crippen LogP contribution in [0.2, 0.25) is 5.15 Å². The van der Waals surface area contributed by atoms with Crippen LogP contribution >= 0.6 is 11.6 Å². The van der Waals surface area contributed by atoms with E-state index in [0.717, 1.165) is 6.07 Å². The molecular formula is C30H26ClF4N7O5. The van der Waals surface area contributed by atoms with E-state index in [1.54, 1.807) is 6.07 Å². The van der Waals surface area contributed by atoms with Gasteiger partial charge in [0.05, 0.1) is 17.7 Å². The number of piperazine rings is 1. The van der Waals surface area contributed by atoms with Gasteiger partial charge in [0.1, 0.15) is 18.2 Å². The van der Waals surface area contributed by atoms with Crippen LogP contribution in [0.15, 0.2) is 72.8 Å². The molecule has 0 atom stereocenters. The van der Waals surface area contributed by atoms with Gasteiger partial charge in [0.25, 0.3) is 11.8 Å². The molecule has 4 aromatic rings. The molecular weight excluding hydrogens is 650 g/mol. The summed E-state index contributed by atoms with van der Waals surface area (Å²) < 4.78 is 58.1. The number of nitrogens with zero attached hydrogens (tertiary/aromatic N) is 6. The van der Waals surface area contributed by atoms with Gasteiger partial charge < -0.3 is 25.0 Å². The summed E-state index contributed by atoms with van der Waals surface area (Å²) in [5, 5.41) is 25.8. The van der Waals surface area contributed by atoms with E-state index in [1.807, 2.05) is 4.90 Å². The average molecular weight is 676 g/mol. The second kappa shape index (κ2) is 15.8. The molecule has 0 radical (unpaired) electrons. The van der Waals surface area contributed by atoms with Crippen molar-refractivity contribution in [3.05, 3.63) is 106 Å². The lowest BCUT2D eigenvalue weighted by molar-refractivity contribution is -0.138. The molecule has 17 heteroatoms. The van der Waals surface area contributed by atoms with E-state index in [0.29, 0.717) is 24.7 Å². The zero-order valence-corrected chi connectivity index (χ0v) is 25.1. The Balaban J connectivity index is 0.000000427. The normalized spacial score (nSPS) is 12.9. The summed E-state index contributed by atoms with van der Waals surface area (Å²) in [5.74, 6) is -1.63. The van der Waals surface area contributed by atoms with Crippen LogP contribution in [0.25, 0.3) is 0 Å². The second-order valence-electron chi connectivity index (χ2n) is 9.70. The van der Waals surface area contributed by atoms with E-state index in [-0.39, 0.29) is 54.2 Å². The molecule has 5 rings (SSSR count). The number of nitrogens with one attached hydrogen (secondary N) is 1. The summed E-state index contributed by atoms with van der Waals surface area (Å²) in [6, 6.07) is 16.0. The van der Waals surface area contributed by atoms with Crippen molar-refractivity contribution in [1.82, 2.24) is 30.6 Å². The predicted octanol–water partition coefficient (Wildman–Crippen LogP) is 4.23. The lowest BCUT2D eigenvalue weighted by Crippen LogP contribution is -2.49. The van der Waals surface area contributed by atoms with Crippen molar-refractivity contribution in [3.63, 3.8) is 0 Å². The molecule has 0 aliphatic carbocycles. The first kappa shape index (κ1) is 34.5. The van der Waals surface area contributed by atoms with Crippen molar-refractivity contribution in [3.8, 4) is 5.75 Å². The third-order valence-corrected chi connectivity index (χ3v) is 6.76. The Morgan fingerprint density at radius 1 is 0.851 bits per heavy atom. The molecule has 47 heavy (non-hydrogen) atoms. The number of ether oxygens (including phenoxy) is 1. The molecule has 2 aromatic carbocycles. The van der Waals surface area contributed by atoms with Crippen molar-refractivity contribution < 1.29 is 41.8 Å². The van der Waals surface area contributed by atoms with E-state index >= 15 is 0 Å². The second-order valence-corrected chi connectivity index (χ2v) is 10.1. The number of carboxylic acid groups (broad SMARTS) is 1. The van der Waals surface area contributed by atoms with Crippen molar-refractivity contribution >= 4 is 35.2 Å². The Kier molecular flexibility index (Phi) is 11.6. The first-order valence-corrected chi connectivity index (χ1v) is 14.2. The molecule has 1 fully saturated rings. The van der Waals surface area contributed by atoms with E-state index in [1.165, 1.54) is 65.6 Å². The van der Waals surface area contributed by atoms with E-state index in [2.05, 4.69) is 25.7 Å². The molecule has 3 heterocycles. The minimum absolute atomic E-state index is 0.100. The summed E-state index contributed by atoms with van der Waals surface area (Å²) in [6.07, 6.45) is -4.62. The molecule has 0 bridgehead atoms. The molecule has 2 amide bonds. The van der Waals surface area contributed by atoms with Gasteiger partial charge in [0, 0.05) is 26.2 Å². The zero-order chi connectivity index (χ0) is 34.0. The maximum Gasteiger partial charge on any atom is 0.417 e. The molecule has 1 aliphatic heterocycles. The fraction of sp³-hybridized carbons (Fsp3) is 0.233. The first-order valence-electron chi connectivity index (χ1n) is 13.9. The number of carbonyl (C=O) groups excluding carboxylic acids is 2. The predicted molar refractivity (Wildman–Crippen MR) is 160 cm³/mol. The first-order chi connectivity index (χ1) is 22.4. The van der Waals surface area contributed by atoms with Gasteiger partial charge in [-0.1, -0.05) is 23.7 Å². The maximum absolute atomic E-state index is 13.3. The van der Waals surface area contributed by atoms with Gasteiger partial charge in [-0.05, 0) is 60.7 Å². The van der Waals surface area contributed by atoms with E-state index in [4.69, 9.17) is 21.4 Å². The summed E-state index contributed by atoms with van der Waals surface area (Å²) in [5.41, 5.74) is -1.33. The summed E-state index contributed by atoms with van der Waals surface area (Å²) >= 11 is 5.35. The largest absolute Gasteiger partial charge is 0.492 e. The maximum atomic E-state index is 13.3. The SMILES string of the molecule is O=C(NCCOc1ccc(F)cc1)c1ccc(N2CCN(C(=O)c3ccccc3C(F)(F)F)CC2)nn1.O=C(O)c1ccc(Cl)nn1. The van der Waals surface area contributed by atoms with E-state index < -0.39 is 29.5 Å². The van der Waals surface area contributed by atoms with Gasteiger partial charge in [-0.2, -0.15) is 13.2 Å². The minimum atomic E-state index is -4.62. The molecule has 12 nitrogen and oxygen atoms in total. The Morgan fingerprint density at radius 3 is 2.11 bits per heavy atom. The Hall–Kier alpha value is -5.38.